The van der Waals surface area contributed by atoms with Gasteiger partial charge in [0.15, 0.2) is 0 Å². The minimum Gasteiger partial charge on any atom is -0.398 e. The quantitative estimate of drug-likeness (QED) is 0.661. The third-order valence-corrected chi connectivity index (χ3v) is 3.58. The van der Waals surface area contributed by atoms with Crippen LogP contribution in [0, 0.1) is 0 Å². The SMILES string of the molecule is Nc1cccc2c1C(=O)N(Cc1ccc(CO)cc1)C2=O. The molecule has 0 unspecified atom stereocenters. The highest BCUT2D eigenvalue weighted by Crippen LogP contribution is 2.28. The summed E-state index contributed by atoms with van der Waals surface area (Å²) in [5.74, 6) is -0.687. The van der Waals surface area contributed by atoms with Crippen molar-refractivity contribution in [2.75, 3.05) is 5.73 Å². The second kappa shape index (κ2) is 5.03. The number of nitrogens with two attached hydrogens (primary N) is 1. The van der Waals surface area contributed by atoms with E-state index in [2.05, 4.69) is 0 Å². The molecule has 0 aromatic heterocycles. The molecule has 1 aliphatic rings. The number of imide groups is 1. The Hall–Kier alpha value is -2.66. The molecule has 21 heavy (non-hydrogen) atoms. The number of aliphatic hydroxyl groups excluding tert-OH is 1. The van der Waals surface area contributed by atoms with Gasteiger partial charge in [0.1, 0.15) is 0 Å². The Kier molecular flexibility index (Phi) is 3.19. The third-order valence-electron chi connectivity index (χ3n) is 3.58. The van der Waals surface area contributed by atoms with Crippen LogP contribution in [-0.4, -0.2) is 21.8 Å². The Morgan fingerprint density at radius 2 is 1.62 bits per heavy atom. The molecule has 2 amide bonds. The first-order chi connectivity index (χ1) is 10.1. The predicted octanol–water partition coefficient (Wildman–Crippen LogP) is 1.56. The highest BCUT2D eigenvalue weighted by molar-refractivity contribution is 6.23. The molecule has 0 radical (unpaired) electrons. The Morgan fingerprint density at radius 3 is 2.24 bits per heavy atom. The van der Waals surface area contributed by atoms with Crippen molar-refractivity contribution >= 4 is 17.5 Å². The number of aliphatic hydroxyl groups is 1. The summed E-state index contributed by atoms with van der Waals surface area (Å²) >= 11 is 0. The Bertz CT molecular complexity index is 723. The fraction of sp³-hybridized carbons (Fsp3) is 0.125. The van der Waals surface area contributed by atoms with Gasteiger partial charge in [0, 0.05) is 5.69 Å². The lowest BCUT2D eigenvalue weighted by Gasteiger charge is -2.14. The molecule has 2 aromatic rings. The number of nitrogen functional groups attached to an aromatic ring is 1. The average molecular weight is 282 g/mol. The van der Waals surface area contributed by atoms with Crippen molar-refractivity contribution in [3.63, 3.8) is 0 Å². The second-order valence-electron chi connectivity index (χ2n) is 4.94. The summed E-state index contributed by atoms with van der Waals surface area (Å²) in [6, 6.07) is 12.0. The van der Waals surface area contributed by atoms with E-state index in [1.807, 2.05) is 0 Å². The summed E-state index contributed by atoms with van der Waals surface area (Å²) in [6.07, 6.45) is 0. The smallest absolute Gasteiger partial charge is 0.263 e. The van der Waals surface area contributed by atoms with Gasteiger partial charge in [-0.3, -0.25) is 14.5 Å². The molecule has 5 heteroatoms. The van der Waals surface area contributed by atoms with Crippen molar-refractivity contribution in [3.8, 4) is 0 Å². The molecule has 0 saturated heterocycles. The summed E-state index contributed by atoms with van der Waals surface area (Å²) in [5.41, 5.74) is 8.36. The number of benzene rings is 2. The highest BCUT2D eigenvalue weighted by Gasteiger charge is 2.36. The first kappa shape index (κ1) is 13.3. The predicted molar refractivity (Wildman–Crippen MR) is 77.4 cm³/mol. The summed E-state index contributed by atoms with van der Waals surface area (Å²) in [5, 5.41) is 9.01. The van der Waals surface area contributed by atoms with E-state index in [4.69, 9.17) is 10.8 Å². The summed E-state index contributed by atoms with van der Waals surface area (Å²) in [7, 11) is 0. The van der Waals surface area contributed by atoms with E-state index in [0.29, 0.717) is 11.3 Å². The van der Waals surface area contributed by atoms with Gasteiger partial charge in [0.25, 0.3) is 11.8 Å². The Morgan fingerprint density at radius 1 is 0.952 bits per heavy atom. The lowest BCUT2D eigenvalue weighted by molar-refractivity contribution is 0.0642. The zero-order valence-corrected chi connectivity index (χ0v) is 11.2. The van der Waals surface area contributed by atoms with Crippen LogP contribution in [0.3, 0.4) is 0 Å². The van der Waals surface area contributed by atoms with Gasteiger partial charge in [-0.1, -0.05) is 30.3 Å². The molecule has 0 aliphatic carbocycles. The molecular weight excluding hydrogens is 268 g/mol. The molecule has 5 nitrogen and oxygen atoms in total. The molecule has 1 heterocycles. The molecular formula is C16H14N2O3. The van der Waals surface area contributed by atoms with Gasteiger partial charge in [0.2, 0.25) is 0 Å². The van der Waals surface area contributed by atoms with Crippen LogP contribution in [0.1, 0.15) is 31.8 Å². The Labute approximate surface area is 121 Å². The van der Waals surface area contributed by atoms with Gasteiger partial charge in [-0.2, -0.15) is 0 Å². The topological polar surface area (TPSA) is 83.6 Å². The lowest BCUT2D eigenvalue weighted by Crippen LogP contribution is -2.29. The summed E-state index contributed by atoms with van der Waals surface area (Å²) in [6.45, 7) is 0.154. The van der Waals surface area contributed by atoms with Crippen LogP contribution in [0.4, 0.5) is 5.69 Å². The molecule has 0 atom stereocenters. The van der Waals surface area contributed by atoms with Gasteiger partial charge in [0.05, 0.1) is 24.3 Å². The number of nitrogens with zero attached hydrogens (tertiary/aromatic N) is 1. The first-order valence-electron chi connectivity index (χ1n) is 6.55. The third kappa shape index (κ3) is 2.17. The van der Waals surface area contributed by atoms with Crippen LogP contribution in [0.25, 0.3) is 0 Å². The van der Waals surface area contributed by atoms with E-state index in [-0.39, 0.29) is 30.5 Å². The number of fused-ring (bicyclic) bond motifs is 1. The molecule has 2 aromatic carbocycles. The van der Waals surface area contributed by atoms with Crippen molar-refractivity contribution in [3.05, 3.63) is 64.7 Å². The van der Waals surface area contributed by atoms with Crippen molar-refractivity contribution in [2.45, 2.75) is 13.2 Å². The highest BCUT2D eigenvalue weighted by atomic mass is 16.3. The number of carbonyl (C=O) groups is 2. The molecule has 3 N–H and O–H groups in total. The van der Waals surface area contributed by atoms with Crippen molar-refractivity contribution in [1.82, 2.24) is 4.90 Å². The lowest BCUT2D eigenvalue weighted by atomic mass is 10.1. The van der Waals surface area contributed by atoms with Gasteiger partial charge in [-0.05, 0) is 23.3 Å². The largest absolute Gasteiger partial charge is 0.398 e. The zero-order chi connectivity index (χ0) is 15.0. The minimum atomic E-state index is -0.362. The monoisotopic (exact) mass is 282 g/mol. The summed E-state index contributed by atoms with van der Waals surface area (Å²) in [4.78, 5) is 25.8. The maximum absolute atomic E-state index is 12.3. The van der Waals surface area contributed by atoms with Gasteiger partial charge < -0.3 is 10.8 Å². The second-order valence-corrected chi connectivity index (χ2v) is 4.94. The standard InChI is InChI=1S/C16H14N2O3/c17-13-3-1-2-12-14(13)16(21)18(15(12)20)8-10-4-6-11(9-19)7-5-10/h1-7,19H,8-9,17H2. The zero-order valence-electron chi connectivity index (χ0n) is 11.2. The molecule has 3 rings (SSSR count). The number of carbonyl (C=O) groups excluding carboxylic acids is 2. The molecule has 0 spiro atoms. The number of hydrogen-bond acceptors (Lipinski definition) is 4. The normalized spacial score (nSPS) is 13.7. The Balaban J connectivity index is 1.89. The molecule has 106 valence electrons. The van der Waals surface area contributed by atoms with E-state index in [9.17, 15) is 9.59 Å². The van der Waals surface area contributed by atoms with Crippen LogP contribution < -0.4 is 5.73 Å². The number of amides is 2. The van der Waals surface area contributed by atoms with Crippen molar-refractivity contribution < 1.29 is 14.7 Å². The van der Waals surface area contributed by atoms with Crippen molar-refractivity contribution in [2.24, 2.45) is 0 Å². The van der Waals surface area contributed by atoms with E-state index in [0.717, 1.165) is 11.1 Å². The number of hydrogen-bond donors (Lipinski definition) is 2. The number of anilines is 1. The fourth-order valence-corrected chi connectivity index (χ4v) is 2.44. The molecule has 0 saturated carbocycles. The van der Waals surface area contributed by atoms with Crippen LogP contribution in [0.2, 0.25) is 0 Å². The fourth-order valence-electron chi connectivity index (χ4n) is 2.44. The first-order valence-corrected chi connectivity index (χ1v) is 6.55. The van der Waals surface area contributed by atoms with E-state index < -0.39 is 0 Å². The summed E-state index contributed by atoms with van der Waals surface area (Å²) < 4.78 is 0. The van der Waals surface area contributed by atoms with Crippen LogP contribution in [0.5, 0.6) is 0 Å². The maximum Gasteiger partial charge on any atom is 0.263 e. The maximum atomic E-state index is 12.3. The average Bonchev–Trinajstić information content (AvgIpc) is 2.74. The minimum absolute atomic E-state index is 0.0379. The van der Waals surface area contributed by atoms with Crippen molar-refractivity contribution in [1.29, 1.82) is 0 Å². The molecule has 0 bridgehead atoms. The molecule has 1 aliphatic heterocycles. The van der Waals surface area contributed by atoms with Gasteiger partial charge >= 0.3 is 0 Å². The van der Waals surface area contributed by atoms with E-state index in [1.165, 1.54) is 4.90 Å². The van der Waals surface area contributed by atoms with Crippen LogP contribution in [0.15, 0.2) is 42.5 Å². The van der Waals surface area contributed by atoms with Crippen LogP contribution >= 0.6 is 0 Å². The van der Waals surface area contributed by atoms with Gasteiger partial charge in [-0.15, -0.1) is 0 Å². The number of rotatable bonds is 3. The van der Waals surface area contributed by atoms with E-state index in [1.54, 1.807) is 42.5 Å². The van der Waals surface area contributed by atoms with E-state index >= 15 is 0 Å². The van der Waals surface area contributed by atoms with Gasteiger partial charge in [-0.25, -0.2) is 0 Å². The van der Waals surface area contributed by atoms with Crippen LogP contribution in [-0.2, 0) is 13.2 Å². The molecule has 0 fully saturated rings.